The van der Waals surface area contributed by atoms with Crippen LogP contribution in [-0.2, 0) is 6.54 Å². The minimum absolute atomic E-state index is 0.533. The molecule has 0 atom stereocenters. The van der Waals surface area contributed by atoms with Crippen LogP contribution in [0.15, 0.2) is 18.7 Å². The minimum Gasteiger partial charge on any atom is -0.384 e. The van der Waals surface area contributed by atoms with Crippen LogP contribution in [0.3, 0.4) is 0 Å². The van der Waals surface area contributed by atoms with Crippen molar-refractivity contribution in [3.63, 3.8) is 0 Å². The SMILES string of the molecule is Cc1nc(N)cc(N2CCN(CCn3cncn3)CC2)n1. The van der Waals surface area contributed by atoms with Gasteiger partial charge in [0.25, 0.3) is 0 Å². The van der Waals surface area contributed by atoms with Crippen LogP contribution in [0.4, 0.5) is 11.6 Å². The molecule has 8 heteroatoms. The van der Waals surface area contributed by atoms with Gasteiger partial charge in [0.05, 0.1) is 6.54 Å². The van der Waals surface area contributed by atoms with Crippen molar-refractivity contribution in [2.24, 2.45) is 0 Å². The van der Waals surface area contributed by atoms with E-state index >= 15 is 0 Å². The maximum Gasteiger partial charge on any atom is 0.137 e. The molecule has 0 bridgehead atoms. The second-order valence-corrected chi connectivity index (χ2v) is 5.19. The highest BCUT2D eigenvalue weighted by molar-refractivity contribution is 5.47. The Balaban J connectivity index is 1.52. The van der Waals surface area contributed by atoms with Gasteiger partial charge in [-0.2, -0.15) is 5.10 Å². The van der Waals surface area contributed by atoms with Gasteiger partial charge in [0.2, 0.25) is 0 Å². The summed E-state index contributed by atoms with van der Waals surface area (Å²) in [6.07, 6.45) is 3.32. The molecule has 0 amide bonds. The lowest BCUT2D eigenvalue weighted by Crippen LogP contribution is -2.47. The van der Waals surface area contributed by atoms with Gasteiger partial charge in [-0.05, 0) is 6.92 Å². The number of anilines is 2. The summed E-state index contributed by atoms with van der Waals surface area (Å²) in [5.74, 6) is 2.18. The van der Waals surface area contributed by atoms with Gasteiger partial charge in [0.1, 0.15) is 30.1 Å². The summed E-state index contributed by atoms with van der Waals surface area (Å²) in [4.78, 5) is 17.2. The summed E-state index contributed by atoms with van der Waals surface area (Å²) >= 11 is 0. The van der Waals surface area contributed by atoms with E-state index in [9.17, 15) is 0 Å². The predicted octanol–water partition coefficient (Wildman–Crippen LogP) is -0.219. The lowest BCUT2D eigenvalue weighted by atomic mass is 10.3. The van der Waals surface area contributed by atoms with E-state index in [1.807, 2.05) is 17.7 Å². The van der Waals surface area contributed by atoms with Crippen LogP contribution < -0.4 is 10.6 Å². The second kappa shape index (κ2) is 6.04. The molecule has 21 heavy (non-hydrogen) atoms. The first kappa shape index (κ1) is 13.7. The van der Waals surface area contributed by atoms with Gasteiger partial charge in [0, 0.05) is 38.8 Å². The van der Waals surface area contributed by atoms with E-state index in [2.05, 4.69) is 29.9 Å². The smallest absolute Gasteiger partial charge is 0.137 e. The normalized spacial score (nSPS) is 16.3. The summed E-state index contributed by atoms with van der Waals surface area (Å²) < 4.78 is 1.86. The Bertz CT molecular complexity index is 554. The minimum atomic E-state index is 0.533. The molecule has 3 rings (SSSR count). The van der Waals surface area contributed by atoms with Gasteiger partial charge in [-0.15, -0.1) is 0 Å². The Morgan fingerprint density at radius 3 is 2.62 bits per heavy atom. The van der Waals surface area contributed by atoms with Crippen molar-refractivity contribution < 1.29 is 0 Å². The quantitative estimate of drug-likeness (QED) is 0.832. The van der Waals surface area contributed by atoms with Crippen LogP contribution >= 0.6 is 0 Å². The topological polar surface area (TPSA) is 89.0 Å². The molecule has 0 aliphatic carbocycles. The first-order valence-corrected chi connectivity index (χ1v) is 7.11. The molecule has 1 saturated heterocycles. The van der Waals surface area contributed by atoms with Crippen LogP contribution in [0.2, 0.25) is 0 Å². The van der Waals surface area contributed by atoms with E-state index in [4.69, 9.17) is 5.73 Å². The number of hydrogen-bond donors (Lipinski definition) is 1. The van der Waals surface area contributed by atoms with Gasteiger partial charge < -0.3 is 10.6 Å². The van der Waals surface area contributed by atoms with E-state index in [1.54, 1.807) is 12.7 Å². The Morgan fingerprint density at radius 2 is 1.95 bits per heavy atom. The van der Waals surface area contributed by atoms with E-state index in [-0.39, 0.29) is 0 Å². The molecule has 0 saturated carbocycles. The predicted molar refractivity (Wildman–Crippen MR) is 79.9 cm³/mol. The van der Waals surface area contributed by atoms with Crippen LogP contribution in [0.25, 0.3) is 0 Å². The maximum atomic E-state index is 5.79. The molecule has 2 aromatic heterocycles. The van der Waals surface area contributed by atoms with E-state index in [1.165, 1.54) is 0 Å². The average Bonchev–Trinajstić information content (AvgIpc) is 2.98. The Hall–Kier alpha value is -2.22. The molecule has 0 spiro atoms. The summed E-state index contributed by atoms with van der Waals surface area (Å²) in [7, 11) is 0. The molecule has 1 fully saturated rings. The lowest BCUT2D eigenvalue weighted by Gasteiger charge is -2.35. The van der Waals surface area contributed by atoms with Crippen molar-refractivity contribution in [2.75, 3.05) is 43.4 Å². The van der Waals surface area contributed by atoms with Gasteiger partial charge in [-0.1, -0.05) is 0 Å². The molecule has 0 aromatic carbocycles. The van der Waals surface area contributed by atoms with Crippen molar-refractivity contribution in [1.29, 1.82) is 0 Å². The van der Waals surface area contributed by atoms with Crippen LogP contribution in [0.1, 0.15) is 5.82 Å². The molecule has 3 heterocycles. The Morgan fingerprint density at radius 1 is 1.14 bits per heavy atom. The van der Waals surface area contributed by atoms with Gasteiger partial charge >= 0.3 is 0 Å². The van der Waals surface area contributed by atoms with Crippen LogP contribution in [-0.4, -0.2) is 62.4 Å². The zero-order valence-electron chi connectivity index (χ0n) is 12.2. The van der Waals surface area contributed by atoms with Crippen LogP contribution in [0.5, 0.6) is 0 Å². The third kappa shape index (κ3) is 3.46. The zero-order chi connectivity index (χ0) is 14.7. The fourth-order valence-corrected chi connectivity index (χ4v) is 2.53. The summed E-state index contributed by atoms with van der Waals surface area (Å²) in [5.41, 5.74) is 5.79. The molecule has 1 aliphatic rings. The number of aromatic nitrogens is 5. The molecular formula is C13H20N8. The number of hydrogen-bond acceptors (Lipinski definition) is 7. The number of nitrogens with zero attached hydrogens (tertiary/aromatic N) is 7. The van der Waals surface area contributed by atoms with Gasteiger partial charge in [0.15, 0.2) is 0 Å². The third-order valence-electron chi connectivity index (χ3n) is 3.65. The fourth-order valence-electron chi connectivity index (χ4n) is 2.53. The monoisotopic (exact) mass is 288 g/mol. The second-order valence-electron chi connectivity index (χ2n) is 5.19. The molecule has 0 radical (unpaired) electrons. The van der Waals surface area contributed by atoms with E-state index in [0.29, 0.717) is 5.82 Å². The van der Waals surface area contributed by atoms with Crippen molar-refractivity contribution in [3.8, 4) is 0 Å². The summed E-state index contributed by atoms with van der Waals surface area (Å²) in [6.45, 7) is 7.66. The fraction of sp³-hybridized carbons (Fsp3) is 0.538. The largest absolute Gasteiger partial charge is 0.384 e. The molecule has 0 unspecified atom stereocenters. The molecular weight excluding hydrogens is 268 g/mol. The Kier molecular flexibility index (Phi) is 3.96. The highest BCUT2D eigenvalue weighted by Crippen LogP contribution is 2.16. The van der Waals surface area contributed by atoms with Crippen LogP contribution in [0, 0.1) is 6.92 Å². The van der Waals surface area contributed by atoms with Crippen molar-refractivity contribution in [2.45, 2.75) is 13.5 Å². The van der Waals surface area contributed by atoms with Crippen molar-refractivity contribution in [3.05, 3.63) is 24.5 Å². The first-order valence-electron chi connectivity index (χ1n) is 7.11. The van der Waals surface area contributed by atoms with Crippen molar-refractivity contribution >= 4 is 11.6 Å². The lowest BCUT2D eigenvalue weighted by molar-refractivity contribution is 0.244. The molecule has 2 aromatic rings. The highest BCUT2D eigenvalue weighted by Gasteiger charge is 2.18. The molecule has 2 N–H and O–H groups in total. The van der Waals surface area contributed by atoms with Gasteiger partial charge in [-0.25, -0.2) is 15.0 Å². The van der Waals surface area contributed by atoms with E-state index < -0.39 is 0 Å². The third-order valence-corrected chi connectivity index (χ3v) is 3.65. The maximum absolute atomic E-state index is 5.79. The number of nitrogen functional groups attached to an aromatic ring is 1. The number of rotatable bonds is 4. The molecule has 112 valence electrons. The summed E-state index contributed by atoms with van der Waals surface area (Å²) in [5, 5.41) is 4.12. The number of nitrogens with two attached hydrogens (primary N) is 1. The number of aryl methyl sites for hydroxylation is 1. The molecule has 8 nitrogen and oxygen atoms in total. The number of piperazine rings is 1. The van der Waals surface area contributed by atoms with E-state index in [0.717, 1.165) is 50.9 Å². The Labute approximate surface area is 123 Å². The van der Waals surface area contributed by atoms with Gasteiger partial charge in [-0.3, -0.25) is 9.58 Å². The molecule has 1 aliphatic heterocycles. The standard InChI is InChI=1S/C13H20N8/c1-11-17-12(14)8-13(18-11)20-5-2-19(3-6-20)4-7-21-10-15-9-16-21/h8-10H,2-7H2,1H3,(H2,14,17,18). The summed E-state index contributed by atoms with van der Waals surface area (Å²) in [6, 6.07) is 1.85. The highest BCUT2D eigenvalue weighted by atomic mass is 15.3. The zero-order valence-corrected chi connectivity index (χ0v) is 12.2. The first-order chi connectivity index (χ1) is 10.2. The average molecular weight is 288 g/mol. The van der Waals surface area contributed by atoms with Crippen molar-refractivity contribution in [1.82, 2.24) is 29.6 Å².